The van der Waals surface area contributed by atoms with Crippen molar-refractivity contribution in [3.05, 3.63) is 60.2 Å². The Kier molecular flexibility index (Phi) is 23.9. The summed E-state index contributed by atoms with van der Waals surface area (Å²) in [6.07, 6.45) is 22.8. The fraction of sp³-hybridized carbons (Fsp3) is 0.600. The second-order valence-corrected chi connectivity index (χ2v) is 9.27. The molecule has 2 aromatic rings. The Morgan fingerprint density at radius 1 is 0.568 bits per heavy atom. The molecule has 0 aliphatic rings. The second-order valence-electron chi connectivity index (χ2n) is 9.27. The summed E-state index contributed by atoms with van der Waals surface area (Å²) in [5.41, 5.74) is 2.96. The van der Waals surface area contributed by atoms with Crippen LogP contribution in [0.15, 0.2) is 59.1 Å². The van der Waals surface area contributed by atoms with Gasteiger partial charge in [0.25, 0.3) is 0 Å². The van der Waals surface area contributed by atoms with Crippen LogP contribution in [-0.4, -0.2) is 31.8 Å². The maximum Gasteiger partial charge on any atom is 0.105 e. The van der Waals surface area contributed by atoms with Gasteiger partial charge in [-0.3, -0.25) is 9.97 Å². The van der Waals surface area contributed by atoms with Crippen LogP contribution in [-0.2, 0) is 17.1 Å². The van der Waals surface area contributed by atoms with Crippen molar-refractivity contribution in [3.63, 3.8) is 0 Å². The van der Waals surface area contributed by atoms with Crippen LogP contribution in [0.4, 0.5) is 0 Å². The van der Waals surface area contributed by atoms with Gasteiger partial charge in [0.05, 0.1) is 11.4 Å². The smallest absolute Gasteiger partial charge is 0.105 e. The summed E-state index contributed by atoms with van der Waals surface area (Å²) in [5.74, 6) is 0. The minimum Gasteiger partial charge on any atom is -0.411 e. The number of unbranched alkanes of at least 4 members (excludes halogenated alkanes) is 12. The van der Waals surface area contributed by atoms with Crippen molar-refractivity contribution in [2.45, 2.75) is 117 Å². The molecule has 0 spiro atoms. The van der Waals surface area contributed by atoms with Crippen molar-refractivity contribution in [2.24, 2.45) is 10.3 Å². The summed E-state index contributed by atoms with van der Waals surface area (Å²) in [6.45, 7) is 4.47. The van der Waals surface area contributed by atoms with Gasteiger partial charge < -0.3 is 10.4 Å². The van der Waals surface area contributed by atoms with Crippen LogP contribution < -0.4 is 0 Å². The van der Waals surface area contributed by atoms with E-state index in [-0.39, 0.29) is 17.1 Å². The first-order chi connectivity index (χ1) is 17.8. The first-order valence-electron chi connectivity index (χ1n) is 14.0. The summed E-state index contributed by atoms with van der Waals surface area (Å²) in [7, 11) is 0. The topological polar surface area (TPSA) is 91.0 Å². The Hall–Kier alpha value is -2.24. The molecule has 0 amide bonds. The fourth-order valence-electron chi connectivity index (χ4n) is 4.02. The number of pyridine rings is 2. The third kappa shape index (κ3) is 17.8. The van der Waals surface area contributed by atoms with Crippen molar-refractivity contribution in [2.75, 3.05) is 0 Å². The first kappa shape index (κ1) is 34.8. The van der Waals surface area contributed by atoms with Crippen molar-refractivity contribution in [1.29, 1.82) is 0 Å². The summed E-state index contributed by atoms with van der Waals surface area (Å²) < 4.78 is 0. The zero-order valence-corrected chi connectivity index (χ0v) is 24.1. The van der Waals surface area contributed by atoms with Gasteiger partial charge in [-0.25, -0.2) is 0 Å². The zero-order chi connectivity index (χ0) is 26.1. The van der Waals surface area contributed by atoms with E-state index in [2.05, 4.69) is 34.1 Å². The number of aromatic nitrogens is 2. The van der Waals surface area contributed by atoms with Gasteiger partial charge in [0.1, 0.15) is 11.4 Å². The van der Waals surface area contributed by atoms with Crippen molar-refractivity contribution in [3.8, 4) is 0 Å². The molecule has 0 aliphatic carbocycles. The number of nitrogens with zero attached hydrogens (tertiary/aromatic N) is 4. The number of hydrogen-bond acceptors (Lipinski definition) is 6. The normalized spacial score (nSPS) is 11.4. The molecule has 0 fully saturated rings. The molecule has 2 aromatic heterocycles. The van der Waals surface area contributed by atoms with E-state index in [0.29, 0.717) is 11.4 Å². The predicted octanol–water partition coefficient (Wildman–Crippen LogP) is 8.80. The Balaban J connectivity index is 0.000000682. The minimum absolute atomic E-state index is 0. The third-order valence-corrected chi connectivity index (χ3v) is 6.20. The molecule has 0 aromatic carbocycles. The van der Waals surface area contributed by atoms with Crippen LogP contribution in [0.3, 0.4) is 0 Å². The molecular formula is C30H48FeN4O2. The Morgan fingerprint density at radius 2 is 0.919 bits per heavy atom. The van der Waals surface area contributed by atoms with Crippen molar-refractivity contribution < 1.29 is 27.5 Å². The molecule has 37 heavy (non-hydrogen) atoms. The molecule has 0 atom stereocenters. The van der Waals surface area contributed by atoms with Gasteiger partial charge in [-0.15, -0.1) is 0 Å². The van der Waals surface area contributed by atoms with E-state index in [1.807, 2.05) is 36.4 Å². The quantitative estimate of drug-likeness (QED) is 0.0636. The monoisotopic (exact) mass is 552 g/mol. The molecule has 6 nitrogen and oxygen atoms in total. The van der Waals surface area contributed by atoms with E-state index < -0.39 is 0 Å². The number of oxime groups is 2. The second kappa shape index (κ2) is 25.4. The first-order valence-corrected chi connectivity index (χ1v) is 14.0. The van der Waals surface area contributed by atoms with Gasteiger partial charge in [0.15, 0.2) is 0 Å². The van der Waals surface area contributed by atoms with Crippen LogP contribution in [0, 0.1) is 0 Å². The Labute approximate surface area is 235 Å². The minimum atomic E-state index is 0. The number of hydrogen-bond donors (Lipinski definition) is 2. The largest absolute Gasteiger partial charge is 0.411 e. The molecule has 2 rings (SSSR count). The maximum atomic E-state index is 9.00. The third-order valence-electron chi connectivity index (χ3n) is 6.20. The molecule has 2 heterocycles. The van der Waals surface area contributed by atoms with Crippen molar-refractivity contribution in [1.82, 2.24) is 9.97 Å². The number of rotatable bonds is 18. The van der Waals surface area contributed by atoms with Crippen LogP contribution in [0.2, 0.25) is 0 Å². The van der Waals surface area contributed by atoms with Gasteiger partial charge in [-0.05, 0) is 49.9 Å². The van der Waals surface area contributed by atoms with Crippen LogP contribution >= 0.6 is 0 Å². The summed E-state index contributed by atoms with van der Waals surface area (Å²) in [4.78, 5) is 8.40. The maximum absolute atomic E-state index is 9.00. The molecule has 0 saturated heterocycles. The van der Waals surface area contributed by atoms with Gasteiger partial charge in [-0.2, -0.15) is 0 Å². The van der Waals surface area contributed by atoms with E-state index in [0.717, 1.165) is 37.1 Å². The molecule has 0 bridgehead atoms. The average Bonchev–Trinajstić information content (AvgIpc) is 2.93. The van der Waals surface area contributed by atoms with E-state index >= 15 is 0 Å². The Morgan fingerprint density at radius 3 is 1.22 bits per heavy atom. The summed E-state index contributed by atoms with van der Waals surface area (Å²) in [6, 6.07) is 11.3. The van der Waals surface area contributed by atoms with E-state index in [9.17, 15) is 0 Å². The zero-order valence-electron chi connectivity index (χ0n) is 23.0. The molecule has 2 N–H and O–H groups in total. The van der Waals surface area contributed by atoms with Gasteiger partial charge in [0, 0.05) is 29.5 Å². The fourth-order valence-corrected chi connectivity index (χ4v) is 4.02. The molecular weight excluding hydrogens is 504 g/mol. The van der Waals surface area contributed by atoms with Crippen LogP contribution in [0.25, 0.3) is 0 Å². The molecule has 0 radical (unpaired) electrons. The summed E-state index contributed by atoms with van der Waals surface area (Å²) in [5, 5.41) is 24.7. The van der Waals surface area contributed by atoms with Gasteiger partial charge >= 0.3 is 0 Å². The molecule has 0 saturated carbocycles. The van der Waals surface area contributed by atoms with Crippen molar-refractivity contribution >= 4 is 11.4 Å². The Bertz CT molecular complexity index is 747. The SMILES string of the molecule is CCCCCCCCC/C(=N/O)c1ccccn1.CCCCCCCCC/C(=N\O)c1ccccn1.[Fe]. The standard InChI is InChI=1S/2C15H24N2O.Fe/c2*1-2-3-4-5-6-7-8-12-15(17-18)14-11-9-10-13-16-14;/h2*9-11,13,18H,2-8,12H2,1H3;/b17-15+;17-15-;. The summed E-state index contributed by atoms with van der Waals surface area (Å²) >= 11 is 0. The average molecular weight is 553 g/mol. The predicted molar refractivity (Wildman–Crippen MR) is 150 cm³/mol. The van der Waals surface area contributed by atoms with Crippen LogP contribution in [0.5, 0.6) is 0 Å². The van der Waals surface area contributed by atoms with E-state index in [1.54, 1.807) is 12.4 Å². The molecule has 7 heteroatoms. The molecule has 208 valence electrons. The van der Waals surface area contributed by atoms with Gasteiger partial charge in [-0.1, -0.05) is 113 Å². The molecule has 0 aliphatic heterocycles. The van der Waals surface area contributed by atoms with E-state index in [1.165, 1.54) is 77.0 Å². The van der Waals surface area contributed by atoms with E-state index in [4.69, 9.17) is 10.4 Å². The molecule has 0 unspecified atom stereocenters. The van der Waals surface area contributed by atoms with Crippen LogP contribution in [0.1, 0.15) is 128 Å². The van der Waals surface area contributed by atoms with Gasteiger partial charge in [0.2, 0.25) is 0 Å².